The smallest absolute Gasteiger partial charge is 0.303 e. The van der Waals surface area contributed by atoms with E-state index in [4.69, 9.17) is 4.74 Å². The minimum Gasteiger partial charge on any atom is -0.456 e. The van der Waals surface area contributed by atoms with Crippen LogP contribution in [0.3, 0.4) is 0 Å². The Balaban J connectivity index is 2.45. The van der Waals surface area contributed by atoms with E-state index in [0.29, 0.717) is 0 Å². The monoisotopic (exact) mass is 217 g/mol. The Hall–Kier alpha value is -1.77. The van der Waals surface area contributed by atoms with Crippen LogP contribution in [-0.2, 0) is 16.6 Å². The van der Waals surface area contributed by atoms with Crippen molar-refractivity contribution >= 4 is 16.9 Å². The number of fused-ring (bicyclic) bond motifs is 1. The standard InChI is InChI=1S/C13H15NO2/c1-9(16-10(2)15)13-8-11-6-4-5-7-12(11)14(13)3/h4-9H,1-3H3. The second-order valence-corrected chi connectivity index (χ2v) is 3.94. The van der Waals surface area contributed by atoms with Crippen LogP contribution in [0.2, 0.25) is 0 Å². The van der Waals surface area contributed by atoms with Crippen LogP contribution in [0.15, 0.2) is 30.3 Å². The van der Waals surface area contributed by atoms with Gasteiger partial charge in [-0.25, -0.2) is 0 Å². The number of rotatable bonds is 2. The van der Waals surface area contributed by atoms with E-state index < -0.39 is 0 Å². The van der Waals surface area contributed by atoms with Gasteiger partial charge in [0.1, 0.15) is 6.10 Å². The number of ether oxygens (including phenoxy) is 1. The number of aryl methyl sites for hydroxylation is 1. The fraction of sp³-hybridized carbons (Fsp3) is 0.308. The van der Waals surface area contributed by atoms with Gasteiger partial charge < -0.3 is 9.30 Å². The summed E-state index contributed by atoms with van der Waals surface area (Å²) in [6, 6.07) is 10.2. The third-order valence-electron chi connectivity index (χ3n) is 2.75. The molecule has 0 saturated carbocycles. The molecule has 0 aliphatic carbocycles. The Labute approximate surface area is 94.6 Å². The van der Waals surface area contributed by atoms with Crippen molar-refractivity contribution in [1.82, 2.24) is 4.57 Å². The predicted molar refractivity (Wildman–Crippen MR) is 63.1 cm³/mol. The van der Waals surface area contributed by atoms with Crippen molar-refractivity contribution in [3.05, 3.63) is 36.0 Å². The summed E-state index contributed by atoms with van der Waals surface area (Å²) < 4.78 is 7.25. The van der Waals surface area contributed by atoms with Crippen LogP contribution in [0.1, 0.15) is 25.6 Å². The van der Waals surface area contributed by atoms with Crippen LogP contribution in [0.4, 0.5) is 0 Å². The predicted octanol–water partition coefficient (Wildman–Crippen LogP) is 2.80. The zero-order valence-corrected chi connectivity index (χ0v) is 9.73. The summed E-state index contributed by atoms with van der Waals surface area (Å²) in [6.07, 6.45) is -0.213. The molecule has 0 N–H and O–H groups in total. The summed E-state index contributed by atoms with van der Waals surface area (Å²) in [5.74, 6) is -0.252. The van der Waals surface area contributed by atoms with Crippen molar-refractivity contribution < 1.29 is 9.53 Å². The van der Waals surface area contributed by atoms with Crippen LogP contribution in [-0.4, -0.2) is 10.5 Å². The van der Waals surface area contributed by atoms with Gasteiger partial charge in [-0.15, -0.1) is 0 Å². The van der Waals surface area contributed by atoms with Crippen LogP contribution in [0, 0.1) is 0 Å². The summed E-state index contributed by atoms with van der Waals surface area (Å²) in [7, 11) is 1.98. The molecule has 0 amide bonds. The van der Waals surface area contributed by atoms with Gasteiger partial charge in [-0.05, 0) is 24.4 Å². The highest BCUT2D eigenvalue weighted by Crippen LogP contribution is 2.24. The second kappa shape index (κ2) is 4.00. The molecule has 0 bridgehead atoms. The van der Waals surface area contributed by atoms with E-state index in [2.05, 4.69) is 22.8 Å². The highest BCUT2D eigenvalue weighted by Gasteiger charge is 2.14. The first-order valence-electron chi connectivity index (χ1n) is 5.31. The number of hydrogen-bond donors (Lipinski definition) is 0. The molecule has 3 nitrogen and oxygen atoms in total. The fourth-order valence-corrected chi connectivity index (χ4v) is 2.01. The van der Waals surface area contributed by atoms with E-state index in [1.54, 1.807) is 0 Å². The van der Waals surface area contributed by atoms with Crippen molar-refractivity contribution in [2.75, 3.05) is 0 Å². The minimum absolute atomic E-state index is 0.213. The summed E-state index contributed by atoms with van der Waals surface area (Å²) in [5.41, 5.74) is 2.16. The van der Waals surface area contributed by atoms with Crippen molar-refractivity contribution in [3.63, 3.8) is 0 Å². The lowest BCUT2D eigenvalue weighted by Gasteiger charge is -2.12. The van der Waals surface area contributed by atoms with Crippen molar-refractivity contribution in [1.29, 1.82) is 0 Å². The molecule has 0 fully saturated rings. The van der Waals surface area contributed by atoms with Crippen LogP contribution < -0.4 is 0 Å². The fourth-order valence-electron chi connectivity index (χ4n) is 2.01. The first kappa shape index (κ1) is 10.7. The van der Waals surface area contributed by atoms with Crippen molar-refractivity contribution in [2.45, 2.75) is 20.0 Å². The molecular weight excluding hydrogens is 202 g/mol. The Morgan fingerprint density at radius 2 is 2.06 bits per heavy atom. The Kier molecular flexibility index (Phi) is 2.69. The van der Waals surface area contributed by atoms with Crippen LogP contribution in [0.5, 0.6) is 0 Å². The average molecular weight is 217 g/mol. The molecule has 1 aromatic carbocycles. The highest BCUT2D eigenvalue weighted by molar-refractivity contribution is 5.81. The normalized spacial score (nSPS) is 12.7. The number of para-hydroxylation sites is 1. The van der Waals surface area contributed by atoms with Gasteiger partial charge in [0.25, 0.3) is 0 Å². The number of nitrogens with zero attached hydrogens (tertiary/aromatic N) is 1. The van der Waals surface area contributed by atoms with E-state index in [-0.39, 0.29) is 12.1 Å². The zero-order chi connectivity index (χ0) is 11.7. The largest absolute Gasteiger partial charge is 0.456 e. The first-order valence-corrected chi connectivity index (χ1v) is 5.31. The molecule has 2 aromatic rings. The molecule has 1 aromatic heterocycles. The molecule has 1 atom stereocenters. The van der Waals surface area contributed by atoms with Crippen molar-refractivity contribution in [2.24, 2.45) is 7.05 Å². The molecule has 0 aliphatic rings. The molecule has 0 spiro atoms. The molecular formula is C13H15NO2. The maximum atomic E-state index is 10.9. The summed E-state index contributed by atoms with van der Waals surface area (Å²) in [6.45, 7) is 3.31. The molecule has 1 heterocycles. The lowest BCUT2D eigenvalue weighted by atomic mass is 10.2. The molecule has 16 heavy (non-hydrogen) atoms. The second-order valence-electron chi connectivity index (χ2n) is 3.94. The summed E-state index contributed by atoms with van der Waals surface area (Å²) in [5, 5.41) is 1.17. The van der Waals surface area contributed by atoms with E-state index >= 15 is 0 Å². The van der Waals surface area contributed by atoms with Gasteiger partial charge in [-0.3, -0.25) is 4.79 Å². The van der Waals surface area contributed by atoms with E-state index in [1.165, 1.54) is 12.3 Å². The molecule has 84 valence electrons. The number of hydrogen-bond acceptors (Lipinski definition) is 2. The molecule has 3 heteroatoms. The summed E-state index contributed by atoms with van der Waals surface area (Å²) in [4.78, 5) is 10.9. The number of carbonyl (C=O) groups is 1. The Bertz CT molecular complexity index is 528. The molecule has 0 saturated heterocycles. The number of esters is 1. The Morgan fingerprint density at radius 1 is 1.38 bits per heavy atom. The zero-order valence-electron chi connectivity index (χ0n) is 9.73. The number of benzene rings is 1. The molecule has 2 rings (SSSR count). The van der Waals surface area contributed by atoms with E-state index in [1.807, 2.05) is 26.1 Å². The maximum absolute atomic E-state index is 10.9. The van der Waals surface area contributed by atoms with Crippen LogP contribution >= 0.6 is 0 Å². The van der Waals surface area contributed by atoms with Gasteiger partial charge >= 0.3 is 5.97 Å². The lowest BCUT2D eigenvalue weighted by Crippen LogP contribution is -2.08. The van der Waals surface area contributed by atoms with E-state index in [9.17, 15) is 4.79 Å². The maximum Gasteiger partial charge on any atom is 0.303 e. The third kappa shape index (κ3) is 1.81. The van der Waals surface area contributed by atoms with E-state index in [0.717, 1.165) is 11.2 Å². The van der Waals surface area contributed by atoms with Crippen LogP contribution in [0.25, 0.3) is 10.9 Å². The number of carbonyl (C=O) groups excluding carboxylic acids is 1. The number of aromatic nitrogens is 1. The van der Waals surface area contributed by atoms with Gasteiger partial charge in [0.2, 0.25) is 0 Å². The average Bonchev–Trinajstić information content (AvgIpc) is 2.56. The quantitative estimate of drug-likeness (QED) is 0.724. The van der Waals surface area contributed by atoms with Gasteiger partial charge in [0, 0.05) is 19.5 Å². The minimum atomic E-state index is -0.252. The lowest BCUT2D eigenvalue weighted by molar-refractivity contribution is -0.146. The van der Waals surface area contributed by atoms with Gasteiger partial charge in [-0.2, -0.15) is 0 Å². The van der Waals surface area contributed by atoms with Gasteiger partial charge in [0.15, 0.2) is 0 Å². The summed E-state index contributed by atoms with van der Waals surface area (Å²) >= 11 is 0. The van der Waals surface area contributed by atoms with Gasteiger partial charge in [-0.1, -0.05) is 18.2 Å². The molecule has 1 unspecified atom stereocenters. The highest BCUT2D eigenvalue weighted by atomic mass is 16.5. The third-order valence-corrected chi connectivity index (χ3v) is 2.75. The molecule has 0 aliphatic heterocycles. The Morgan fingerprint density at radius 3 is 2.69 bits per heavy atom. The SMILES string of the molecule is CC(=O)OC(C)c1cc2ccccc2n1C. The topological polar surface area (TPSA) is 31.2 Å². The van der Waals surface area contributed by atoms with Gasteiger partial charge in [0.05, 0.1) is 5.69 Å². The van der Waals surface area contributed by atoms with Crippen molar-refractivity contribution in [3.8, 4) is 0 Å². The first-order chi connectivity index (χ1) is 7.59. The molecule has 0 radical (unpaired) electrons.